The van der Waals surface area contributed by atoms with Gasteiger partial charge in [-0.1, -0.05) is 15.9 Å². The number of hydrogen-bond donors (Lipinski definition) is 1. The van der Waals surface area contributed by atoms with Crippen molar-refractivity contribution in [1.29, 1.82) is 0 Å². The summed E-state index contributed by atoms with van der Waals surface area (Å²) in [4.78, 5) is 3.96. The molecule has 0 radical (unpaired) electrons. The van der Waals surface area contributed by atoms with Gasteiger partial charge in [0.2, 0.25) is 0 Å². The fourth-order valence-corrected chi connectivity index (χ4v) is 1.88. The van der Waals surface area contributed by atoms with Crippen molar-refractivity contribution in [3.8, 4) is 5.75 Å². The van der Waals surface area contributed by atoms with Crippen molar-refractivity contribution in [2.24, 2.45) is 0 Å². The Balaban J connectivity index is 1.97. The third kappa shape index (κ3) is 3.55. The molecule has 4 heteroatoms. The number of ether oxygens (including phenoxy) is 1. The Morgan fingerprint density at radius 1 is 1.11 bits per heavy atom. The molecule has 0 fully saturated rings. The monoisotopic (exact) mass is 307 g/mol. The molecule has 0 amide bonds. The van der Waals surface area contributed by atoms with E-state index in [1.807, 2.05) is 36.4 Å². The normalized spacial score (nSPS) is 12.1. The van der Waals surface area contributed by atoms with E-state index in [0.29, 0.717) is 6.61 Å². The van der Waals surface area contributed by atoms with Crippen LogP contribution in [0.25, 0.3) is 0 Å². The van der Waals surface area contributed by atoms with Gasteiger partial charge in [0.1, 0.15) is 5.75 Å². The first kappa shape index (κ1) is 13.1. The average molecular weight is 308 g/mol. The van der Waals surface area contributed by atoms with Crippen molar-refractivity contribution >= 4 is 15.9 Å². The van der Waals surface area contributed by atoms with E-state index in [1.54, 1.807) is 12.4 Å². The van der Waals surface area contributed by atoms with E-state index in [9.17, 15) is 5.11 Å². The van der Waals surface area contributed by atoms with Crippen LogP contribution in [0.3, 0.4) is 0 Å². The van der Waals surface area contributed by atoms with E-state index in [-0.39, 0.29) is 12.5 Å². The lowest BCUT2D eigenvalue weighted by molar-refractivity contribution is 0.205. The number of halogens is 1. The highest BCUT2D eigenvalue weighted by Crippen LogP contribution is 2.19. The van der Waals surface area contributed by atoms with Gasteiger partial charge < -0.3 is 9.84 Å². The Hall–Kier alpha value is -1.39. The van der Waals surface area contributed by atoms with Crippen molar-refractivity contribution in [3.63, 3.8) is 0 Å². The van der Waals surface area contributed by atoms with Crippen molar-refractivity contribution in [2.45, 2.75) is 5.92 Å². The first-order valence-electron chi connectivity index (χ1n) is 5.68. The first-order valence-corrected chi connectivity index (χ1v) is 6.48. The second-order valence-corrected chi connectivity index (χ2v) is 4.84. The molecule has 1 heterocycles. The quantitative estimate of drug-likeness (QED) is 0.923. The van der Waals surface area contributed by atoms with Crippen LogP contribution in [-0.2, 0) is 0 Å². The molecule has 0 saturated carbocycles. The van der Waals surface area contributed by atoms with Gasteiger partial charge in [0.15, 0.2) is 0 Å². The summed E-state index contributed by atoms with van der Waals surface area (Å²) in [5.74, 6) is 0.766. The minimum absolute atomic E-state index is 0.0309. The van der Waals surface area contributed by atoms with E-state index in [1.165, 1.54) is 0 Å². The van der Waals surface area contributed by atoms with Crippen molar-refractivity contribution < 1.29 is 9.84 Å². The van der Waals surface area contributed by atoms with Gasteiger partial charge in [-0.25, -0.2) is 0 Å². The molecule has 0 spiro atoms. The van der Waals surface area contributed by atoms with Crippen LogP contribution in [0, 0.1) is 0 Å². The van der Waals surface area contributed by atoms with E-state index in [2.05, 4.69) is 20.9 Å². The molecule has 18 heavy (non-hydrogen) atoms. The topological polar surface area (TPSA) is 42.4 Å². The Bertz CT molecular complexity index is 473. The number of pyridine rings is 1. The molecule has 0 aliphatic rings. The molecule has 0 saturated heterocycles. The lowest BCUT2D eigenvalue weighted by Gasteiger charge is -2.15. The SMILES string of the molecule is OCC(COc1ccc(Br)cc1)c1ccncc1. The van der Waals surface area contributed by atoms with Gasteiger partial charge in [-0.2, -0.15) is 0 Å². The number of nitrogens with zero attached hydrogens (tertiary/aromatic N) is 1. The highest BCUT2D eigenvalue weighted by atomic mass is 79.9. The zero-order valence-corrected chi connectivity index (χ0v) is 11.4. The second-order valence-electron chi connectivity index (χ2n) is 3.92. The smallest absolute Gasteiger partial charge is 0.119 e. The molecular formula is C14H14BrNO2. The summed E-state index contributed by atoms with van der Waals surface area (Å²) in [6.07, 6.45) is 3.44. The van der Waals surface area contributed by atoms with E-state index in [4.69, 9.17) is 4.74 Å². The van der Waals surface area contributed by atoms with Gasteiger partial charge >= 0.3 is 0 Å². The maximum absolute atomic E-state index is 9.39. The molecule has 1 aromatic carbocycles. The van der Waals surface area contributed by atoms with Crippen molar-refractivity contribution in [3.05, 3.63) is 58.8 Å². The number of rotatable bonds is 5. The molecule has 3 nitrogen and oxygen atoms in total. The van der Waals surface area contributed by atoms with Gasteiger partial charge in [-0.15, -0.1) is 0 Å². The molecule has 1 N–H and O–H groups in total. The number of aromatic nitrogens is 1. The van der Waals surface area contributed by atoms with Crippen LogP contribution in [0.15, 0.2) is 53.3 Å². The third-order valence-electron chi connectivity index (χ3n) is 2.66. The van der Waals surface area contributed by atoms with Gasteiger partial charge in [0.25, 0.3) is 0 Å². The highest BCUT2D eigenvalue weighted by Gasteiger charge is 2.11. The third-order valence-corrected chi connectivity index (χ3v) is 3.19. The summed E-state index contributed by atoms with van der Waals surface area (Å²) in [6, 6.07) is 11.4. The summed E-state index contributed by atoms with van der Waals surface area (Å²) in [6.45, 7) is 0.503. The Labute approximate surface area is 115 Å². The number of aliphatic hydroxyl groups excluding tert-OH is 1. The van der Waals surface area contributed by atoms with E-state index in [0.717, 1.165) is 15.8 Å². The van der Waals surface area contributed by atoms with Crippen LogP contribution in [-0.4, -0.2) is 23.3 Å². The minimum Gasteiger partial charge on any atom is -0.493 e. The van der Waals surface area contributed by atoms with Crippen molar-refractivity contribution in [2.75, 3.05) is 13.2 Å². The van der Waals surface area contributed by atoms with Crippen LogP contribution in [0.5, 0.6) is 5.75 Å². The predicted octanol–water partition coefficient (Wildman–Crippen LogP) is 3.00. The fourth-order valence-electron chi connectivity index (χ4n) is 1.62. The second kappa shape index (κ2) is 6.52. The largest absolute Gasteiger partial charge is 0.493 e. The van der Waals surface area contributed by atoms with Crippen LogP contribution < -0.4 is 4.74 Å². The Morgan fingerprint density at radius 3 is 2.39 bits per heavy atom. The summed E-state index contributed by atoms with van der Waals surface area (Å²) in [5, 5.41) is 9.39. The van der Waals surface area contributed by atoms with Crippen LogP contribution >= 0.6 is 15.9 Å². The molecule has 94 valence electrons. The molecule has 1 atom stereocenters. The van der Waals surface area contributed by atoms with Crippen LogP contribution in [0.4, 0.5) is 0 Å². The summed E-state index contributed by atoms with van der Waals surface area (Å²) in [5.41, 5.74) is 1.03. The molecule has 2 rings (SSSR count). The van der Waals surface area contributed by atoms with Gasteiger partial charge in [0.05, 0.1) is 13.2 Å². The predicted molar refractivity (Wildman–Crippen MR) is 73.7 cm³/mol. The molecule has 0 aliphatic heterocycles. The molecular weight excluding hydrogens is 294 g/mol. The van der Waals surface area contributed by atoms with E-state index < -0.39 is 0 Å². The lowest BCUT2D eigenvalue weighted by Crippen LogP contribution is -2.14. The number of aliphatic hydroxyl groups is 1. The fraction of sp³-hybridized carbons (Fsp3) is 0.214. The Kier molecular flexibility index (Phi) is 4.73. The minimum atomic E-state index is -0.0309. The lowest BCUT2D eigenvalue weighted by atomic mass is 10.0. The maximum Gasteiger partial charge on any atom is 0.119 e. The molecule has 1 aromatic heterocycles. The standard InChI is InChI=1S/C14H14BrNO2/c15-13-1-3-14(4-2-13)18-10-12(9-17)11-5-7-16-8-6-11/h1-8,12,17H,9-10H2. The zero-order valence-electron chi connectivity index (χ0n) is 9.79. The zero-order chi connectivity index (χ0) is 12.8. The molecule has 2 aromatic rings. The summed E-state index contributed by atoms with van der Waals surface area (Å²) in [7, 11) is 0. The number of benzene rings is 1. The summed E-state index contributed by atoms with van der Waals surface area (Å²) < 4.78 is 6.68. The molecule has 0 bridgehead atoms. The highest BCUT2D eigenvalue weighted by molar-refractivity contribution is 9.10. The number of hydrogen-bond acceptors (Lipinski definition) is 3. The van der Waals surface area contributed by atoms with Crippen molar-refractivity contribution in [1.82, 2.24) is 4.98 Å². The molecule has 1 unspecified atom stereocenters. The Morgan fingerprint density at radius 2 is 1.78 bits per heavy atom. The average Bonchev–Trinajstić information content (AvgIpc) is 2.43. The van der Waals surface area contributed by atoms with E-state index >= 15 is 0 Å². The van der Waals surface area contributed by atoms with Gasteiger partial charge in [-0.05, 0) is 42.0 Å². The summed E-state index contributed by atoms with van der Waals surface area (Å²) >= 11 is 3.37. The van der Waals surface area contributed by atoms with Gasteiger partial charge in [0, 0.05) is 22.8 Å². The molecule has 0 aliphatic carbocycles. The van der Waals surface area contributed by atoms with Gasteiger partial charge in [-0.3, -0.25) is 4.98 Å². The van der Waals surface area contributed by atoms with Crippen LogP contribution in [0.1, 0.15) is 11.5 Å². The van der Waals surface area contributed by atoms with Crippen LogP contribution in [0.2, 0.25) is 0 Å². The maximum atomic E-state index is 9.39. The first-order chi connectivity index (χ1) is 8.79.